The van der Waals surface area contributed by atoms with Gasteiger partial charge in [-0.25, -0.2) is 0 Å². The normalized spacial score (nSPS) is 12.9. The number of aryl methyl sites for hydroxylation is 1. The molecule has 0 aliphatic rings. The molecule has 30 heavy (non-hydrogen) atoms. The van der Waals surface area contributed by atoms with E-state index in [-0.39, 0.29) is 18.7 Å². The van der Waals surface area contributed by atoms with Crippen LogP contribution in [0, 0.1) is 6.92 Å². The van der Waals surface area contributed by atoms with Crippen LogP contribution in [0.1, 0.15) is 36.1 Å². The number of carboxylic acids is 1. The number of carbonyl (C=O) groups excluding carboxylic acids is 2. The number of carboxylic acid groups (broad SMARTS) is 1. The molecular formula is C23H25N3O4. The molecule has 0 bridgehead atoms. The average molecular weight is 407 g/mol. The predicted octanol–water partition coefficient (Wildman–Crippen LogP) is 2.86. The highest BCUT2D eigenvalue weighted by atomic mass is 16.4. The van der Waals surface area contributed by atoms with Crippen LogP contribution < -0.4 is 10.6 Å². The number of para-hydroxylation sites is 1. The maximum absolute atomic E-state index is 13.0. The van der Waals surface area contributed by atoms with Crippen molar-refractivity contribution in [2.45, 2.75) is 38.8 Å². The summed E-state index contributed by atoms with van der Waals surface area (Å²) < 4.78 is 0. The average Bonchev–Trinajstić information content (AvgIpc) is 3.10. The zero-order valence-corrected chi connectivity index (χ0v) is 16.9. The third kappa shape index (κ3) is 5.26. The predicted molar refractivity (Wildman–Crippen MR) is 114 cm³/mol. The minimum Gasteiger partial charge on any atom is -0.481 e. The maximum atomic E-state index is 13.0. The van der Waals surface area contributed by atoms with Gasteiger partial charge in [0.05, 0.1) is 12.5 Å². The van der Waals surface area contributed by atoms with Gasteiger partial charge < -0.3 is 20.7 Å². The lowest BCUT2D eigenvalue weighted by molar-refractivity contribution is -0.138. The van der Waals surface area contributed by atoms with Crippen LogP contribution in [-0.4, -0.2) is 33.9 Å². The van der Waals surface area contributed by atoms with Crippen molar-refractivity contribution in [1.29, 1.82) is 0 Å². The molecule has 1 heterocycles. The van der Waals surface area contributed by atoms with Crippen molar-refractivity contribution < 1.29 is 19.5 Å². The molecule has 7 nitrogen and oxygen atoms in total. The summed E-state index contributed by atoms with van der Waals surface area (Å²) in [7, 11) is 0. The van der Waals surface area contributed by atoms with Gasteiger partial charge >= 0.3 is 5.97 Å². The van der Waals surface area contributed by atoms with E-state index in [0.717, 1.165) is 22.0 Å². The van der Waals surface area contributed by atoms with E-state index in [4.69, 9.17) is 0 Å². The first kappa shape index (κ1) is 21.1. The monoisotopic (exact) mass is 407 g/mol. The molecule has 3 rings (SSSR count). The van der Waals surface area contributed by atoms with Crippen molar-refractivity contribution in [3.63, 3.8) is 0 Å². The third-order valence-corrected chi connectivity index (χ3v) is 4.97. The standard InChI is InChI=1S/C23H25N3O4/c1-14-7-9-16(10-8-14)20(12-22(28)29)26-23(30)21(25-15(2)27)11-17-13-24-19-6-4-3-5-18(17)19/h3-10,13,20-21,24H,11-12H2,1-2H3,(H,25,27)(H,26,30)(H,28,29)/t20-,21+/m0/s1. The fourth-order valence-electron chi connectivity index (χ4n) is 3.47. The summed E-state index contributed by atoms with van der Waals surface area (Å²) in [4.78, 5) is 39.3. The van der Waals surface area contributed by atoms with E-state index in [1.807, 2.05) is 49.5 Å². The van der Waals surface area contributed by atoms with Crippen LogP contribution in [-0.2, 0) is 20.8 Å². The molecule has 3 aromatic rings. The minimum absolute atomic E-state index is 0.255. The van der Waals surface area contributed by atoms with E-state index >= 15 is 0 Å². The highest BCUT2D eigenvalue weighted by Crippen LogP contribution is 2.21. The van der Waals surface area contributed by atoms with Gasteiger partial charge in [0.2, 0.25) is 11.8 Å². The number of hydrogen-bond acceptors (Lipinski definition) is 3. The molecule has 2 amide bonds. The first-order chi connectivity index (χ1) is 14.3. The van der Waals surface area contributed by atoms with Gasteiger partial charge in [-0.05, 0) is 24.1 Å². The van der Waals surface area contributed by atoms with Crippen molar-refractivity contribution in [2.24, 2.45) is 0 Å². The van der Waals surface area contributed by atoms with Crippen LogP contribution in [0.2, 0.25) is 0 Å². The van der Waals surface area contributed by atoms with Gasteiger partial charge in [-0.15, -0.1) is 0 Å². The second-order valence-corrected chi connectivity index (χ2v) is 7.39. The number of aliphatic carboxylic acids is 1. The summed E-state index contributed by atoms with van der Waals surface area (Å²) >= 11 is 0. The third-order valence-electron chi connectivity index (χ3n) is 4.97. The second-order valence-electron chi connectivity index (χ2n) is 7.39. The highest BCUT2D eigenvalue weighted by molar-refractivity contribution is 5.89. The van der Waals surface area contributed by atoms with Crippen molar-refractivity contribution in [1.82, 2.24) is 15.6 Å². The van der Waals surface area contributed by atoms with Gasteiger partial charge in [-0.2, -0.15) is 0 Å². The van der Waals surface area contributed by atoms with E-state index < -0.39 is 24.0 Å². The van der Waals surface area contributed by atoms with E-state index in [9.17, 15) is 19.5 Å². The SMILES string of the molecule is CC(=O)N[C@H](Cc1c[nH]c2ccccc12)C(=O)N[C@@H](CC(=O)O)c1ccc(C)cc1. The summed E-state index contributed by atoms with van der Waals surface area (Å²) in [5.41, 5.74) is 3.57. The Hall–Kier alpha value is -3.61. The lowest BCUT2D eigenvalue weighted by Crippen LogP contribution is -2.48. The Balaban J connectivity index is 1.83. The van der Waals surface area contributed by atoms with Gasteiger partial charge in [-0.3, -0.25) is 14.4 Å². The number of benzene rings is 2. The number of H-pyrrole nitrogens is 1. The molecule has 0 saturated heterocycles. The van der Waals surface area contributed by atoms with Crippen LogP contribution in [0.3, 0.4) is 0 Å². The van der Waals surface area contributed by atoms with Crippen molar-refractivity contribution in [3.05, 3.63) is 71.4 Å². The topological polar surface area (TPSA) is 111 Å². The number of fused-ring (bicyclic) bond motifs is 1. The Morgan fingerprint density at radius 2 is 1.73 bits per heavy atom. The minimum atomic E-state index is -1.02. The summed E-state index contributed by atoms with van der Waals surface area (Å²) in [6.07, 6.45) is 1.85. The number of aromatic nitrogens is 1. The van der Waals surface area contributed by atoms with E-state index in [0.29, 0.717) is 5.56 Å². The van der Waals surface area contributed by atoms with E-state index in [2.05, 4.69) is 15.6 Å². The summed E-state index contributed by atoms with van der Waals surface area (Å²) in [5, 5.41) is 15.8. The van der Waals surface area contributed by atoms with Gasteiger partial charge in [-0.1, -0.05) is 48.0 Å². The lowest BCUT2D eigenvalue weighted by atomic mass is 10.00. The van der Waals surface area contributed by atoms with Crippen molar-refractivity contribution in [2.75, 3.05) is 0 Å². The van der Waals surface area contributed by atoms with Gasteiger partial charge in [0, 0.05) is 30.4 Å². The zero-order valence-electron chi connectivity index (χ0n) is 16.9. The summed E-state index contributed by atoms with van der Waals surface area (Å²) in [6.45, 7) is 3.28. The quantitative estimate of drug-likeness (QED) is 0.460. The Bertz CT molecular complexity index is 1060. The Morgan fingerprint density at radius 3 is 2.40 bits per heavy atom. The molecule has 0 fully saturated rings. The molecule has 0 aliphatic heterocycles. The molecule has 0 aliphatic carbocycles. The van der Waals surface area contributed by atoms with Crippen LogP contribution in [0.25, 0.3) is 10.9 Å². The second kappa shape index (κ2) is 9.26. The number of nitrogens with one attached hydrogen (secondary N) is 3. The smallest absolute Gasteiger partial charge is 0.305 e. The van der Waals surface area contributed by atoms with Crippen LogP contribution in [0.5, 0.6) is 0 Å². The molecular weight excluding hydrogens is 382 g/mol. The highest BCUT2D eigenvalue weighted by Gasteiger charge is 2.25. The molecule has 0 spiro atoms. The van der Waals surface area contributed by atoms with Crippen LogP contribution in [0.15, 0.2) is 54.7 Å². The summed E-state index contributed by atoms with van der Waals surface area (Å²) in [6, 6.07) is 13.5. The molecule has 7 heteroatoms. The van der Waals surface area contributed by atoms with E-state index in [1.165, 1.54) is 6.92 Å². The van der Waals surface area contributed by atoms with Gasteiger partial charge in [0.1, 0.15) is 6.04 Å². The Morgan fingerprint density at radius 1 is 1.03 bits per heavy atom. The molecule has 4 N–H and O–H groups in total. The maximum Gasteiger partial charge on any atom is 0.305 e. The molecule has 0 radical (unpaired) electrons. The molecule has 2 aromatic carbocycles. The number of rotatable bonds is 8. The van der Waals surface area contributed by atoms with Gasteiger partial charge in [0.15, 0.2) is 0 Å². The van der Waals surface area contributed by atoms with Crippen LogP contribution in [0.4, 0.5) is 0 Å². The Labute approximate surface area is 174 Å². The molecule has 0 unspecified atom stereocenters. The van der Waals surface area contributed by atoms with E-state index in [1.54, 1.807) is 12.1 Å². The largest absolute Gasteiger partial charge is 0.481 e. The van der Waals surface area contributed by atoms with Crippen LogP contribution >= 0.6 is 0 Å². The molecule has 2 atom stereocenters. The number of hydrogen-bond donors (Lipinski definition) is 4. The molecule has 1 aromatic heterocycles. The Kier molecular flexibility index (Phi) is 6.51. The van der Waals surface area contributed by atoms with Gasteiger partial charge in [0.25, 0.3) is 0 Å². The van der Waals surface area contributed by atoms with Crippen molar-refractivity contribution in [3.8, 4) is 0 Å². The summed E-state index contributed by atoms with van der Waals surface area (Å²) in [5.74, 6) is -1.78. The number of amides is 2. The fourth-order valence-corrected chi connectivity index (χ4v) is 3.47. The first-order valence-electron chi connectivity index (χ1n) is 9.74. The molecule has 156 valence electrons. The molecule has 0 saturated carbocycles. The van der Waals surface area contributed by atoms with Crippen molar-refractivity contribution >= 4 is 28.7 Å². The first-order valence-corrected chi connectivity index (χ1v) is 9.74. The fraction of sp³-hybridized carbons (Fsp3) is 0.261. The lowest BCUT2D eigenvalue weighted by Gasteiger charge is -2.23. The zero-order chi connectivity index (χ0) is 21.7. The number of aromatic amines is 1. The number of carbonyl (C=O) groups is 3.